The third-order valence-electron chi connectivity index (χ3n) is 5.22. The topological polar surface area (TPSA) is 54.0 Å². The maximum atomic E-state index is 9.95. The summed E-state index contributed by atoms with van der Waals surface area (Å²) in [4.78, 5) is 2.56. The summed E-state index contributed by atoms with van der Waals surface area (Å²) in [6, 6.07) is 3.72. The fourth-order valence-corrected chi connectivity index (χ4v) is 4.17. The van der Waals surface area contributed by atoms with Crippen molar-refractivity contribution < 1.29 is 14.6 Å². The first kappa shape index (κ1) is 22.2. The van der Waals surface area contributed by atoms with Gasteiger partial charge in [0.2, 0.25) is 0 Å². The van der Waals surface area contributed by atoms with Crippen molar-refractivity contribution >= 4 is 24.8 Å². The molecule has 0 aromatic heterocycles. The van der Waals surface area contributed by atoms with Gasteiger partial charge in [0.15, 0.2) is 0 Å². The fourth-order valence-electron chi connectivity index (χ4n) is 4.17. The fraction of sp³-hybridized carbons (Fsp3) is 0.667. The number of aromatic hydroxyl groups is 1. The zero-order valence-electron chi connectivity index (χ0n) is 15.0. The number of nitrogens with zero attached hydrogens (tertiary/aromatic N) is 1. The average molecular weight is 393 g/mol. The first-order valence-corrected chi connectivity index (χ1v) is 8.64. The molecule has 0 radical (unpaired) electrons. The second kappa shape index (κ2) is 10.3. The van der Waals surface area contributed by atoms with E-state index in [1.54, 1.807) is 26.4 Å². The summed E-state index contributed by atoms with van der Waals surface area (Å²) < 4.78 is 11.2. The molecule has 1 aliphatic heterocycles. The van der Waals surface area contributed by atoms with E-state index in [2.05, 4.69) is 10.2 Å². The molecule has 0 amide bonds. The minimum atomic E-state index is 0. The van der Waals surface area contributed by atoms with Crippen molar-refractivity contribution in [2.45, 2.75) is 31.7 Å². The van der Waals surface area contributed by atoms with Crippen LogP contribution in [0.3, 0.4) is 0 Å². The molecule has 25 heavy (non-hydrogen) atoms. The van der Waals surface area contributed by atoms with Crippen LogP contribution in [0.15, 0.2) is 12.1 Å². The third-order valence-corrected chi connectivity index (χ3v) is 5.22. The lowest BCUT2D eigenvalue weighted by atomic mass is 9.88. The molecule has 1 aliphatic carbocycles. The molecule has 1 atom stereocenters. The van der Waals surface area contributed by atoms with Crippen molar-refractivity contribution in [3.05, 3.63) is 17.7 Å². The lowest BCUT2D eigenvalue weighted by Gasteiger charge is -2.39. The van der Waals surface area contributed by atoms with E-state index in [1.807, 2.05) is 0 Å². The van der Waals surface area contributed by atoms with E-state index in [0.717, 1.165) is 43.2 Å². The zero-order valence-corrected chi connectivity index (χ0v) is 16.6. The Morgan fingerprint density at radius 2 is 1.56 bits per heavy atom. The molecule has 3 rings (SSSR count). The molecule has 2 N–H and O–H groups in total. The van der Waals surface area contributed by atoms with E-state index in [1.165, 1.54) is 25.7 Å². The van der Waals surface area contributed by atoms with Crippen molar-refractivity contribution in [2.75, 3.05) is 40.4 Å². The minimum absolute atomic E-state index is 0. The average Bonchev–Trinajstić information content (AvgIpc) is 3.11. The molecule has 5 nitrogen and oxygen atoms in total. The molecule has 1 saturated carbocycles. The first-order valence-electron chi connectivity index (χ1n) is 8.64. The Bertz CT molecular complexity index is 508. The number of hydrogen-bond donors (Lipinski definition) is 2. The van der Waals surface area contributed by atoms with Crippen LogP contribution >= 0.6 is 24.8 Å². The number of halogens is 2. The highest BCUT2D eigenvalue weighted by Crippen LogP contribution is 2.47. The molecule has 2 aliphatic rings. The van der Waals surface area contributed by atoms with E-state index in [4.69, 9.17) is 9.47 Å². The molecule has 1 aromatic rings. The van der Waals surface area contributed by atoms with E-state index in [0.29, 0.717) is 12.0 Å². The van der Waals surface area contributed by atoms with Crippen LogP contribution < -0.4 is 14.8 Å². The number of rotatable bonds is 5. The molecule has 1 heterocycles. The summed E-state index contributed by atoms with van der Waals surface area (Å²) in [6.45, 7) is 4.11. The van der Waals surface area contributed by atoms with Crippen molar-refractivity contribution in [1.29, 1.82) is 0 Å². The highest BCUT2D eigenvalue weighted by atomic mass is 35.5. The molecule has 144 valence electrons. The monoisotopic (exact) mass is 392 g/mol. The molecule has 1 aromatic carbocycles. The number of phenols is 1. The van der Waals surface area contributed by atoms with Gasteiger partial charge in [-0.2, -0.15) is 0 Å². The van der Waals surface area contributed by atoms with Gasteiger partial charge in [0, 0.05) is 44.4 Å². The number of hydrogen-bond acceptors (Lipinski definition) is 5. The minimum Gasteiger partial charge on any atom is -0.508 e. The van der Waals surface area contributed by atoms with Crippen molar-refractivity contribution in [3.63, 3.8) is 0 Å². The number of nitrogens with one attached hydrogen (secondary N) is 1. The van der Waals surface area contributed by atoms with Crippen LogP contribution in [-0.2, 0) is 0 Å². The van der Waals surface area contributed by atoms with Gasteiger partial charge < -0.3 is 19.9 Å². The lowest BCUT2D eigenvalue weighted by molar-refractivity contribution is 0.120. The number of benzene rings is 1. The normalized spacial score (nSPS) is 19.6. The maximum Gasteiger partial charge on any atom is 0.131 e. The van der Waals surface area contributed by atoms with Gasteiger partial charge in [-0.15, -0.1) is 24.8 Å². The third kappa shape index (κ3) is 4.85. The largest absolute Gasteiger partial charge is 0.508 e. The highest BCUT2D eigenvalue weighted by Gasteiger charge is 2.36. The van der Waals surface area contributed by atoms with Gasteiger partial charge in [-0.25, -0.2) is 0 Å². The van der Waals surface area contributed by atoms with E-state index >= 15 is 0 Å². The molecular weight excluding hydrogens is 363 g/mol. The molecule has 0 bridgehead atoms. The maximum absolute atomic E-state index is 9.95. The highest BCUT2D eigenvalue weighted by molar-refractivity contribution is 5.85. The summed E-state index contributed by atoms with van der Waals surface area (Å²) in [5.41, 5.74) is 1.10. The standard InChI is InChI=1S/C18H28N2O3.2ClH/c1-22-15-11-14(21)12-16(23-2)17(15)18(13-5-3-4-6-13)20-9-7-19-8-10-20;;/h11-13,18-19,21H,3-10H2,1-2H3;2*1H/t18-;;/m1../s1. The van der Waals surface area contributed by atoms with Gasteiger partial charge in [0.25, 0.3) is 0 Å². The number of methoxy groups -OCH3 is 2. The number of piperazine rings is 1. The molecular formula is C18H30Cl2N2O3. The summed E-state index contributed by atoms with van der Waals surface area (Å²) >= 11 is 0. The van der Waals surface area contributed by atoms with Gasteiger partial charge in [0.05, 0.1) is 19.8 Å². The van der Waals surface area contributed by atoms with Crippen LogP contribution in [0.5, 0.6) is 17.2 Å². The van der Waals surface area contributed by atoms with Crippen molar-refractivity contribution in [1.82, 2.24) is 10.2 Å². The first-order chi connectivity index (χ1) is 11.2. The Morgan fingerprint density at radius 3 is 2.04 bits per heavy atom. The van der Waals surface area contributed by atoms with Gasteiger partial charge in [-0.3, -0.25) is 4.90 Å². The van der Waals surface area contributed by atoms with Crippen LogP contribution in [-0.4, -0.2) is 50.4 Å². The van der Waals surface area contributed by atoms with Crippen molar-refractivity contribution in [3.8, 4) is 17.2 Å². The molecule has 0 unspecified atom stereocenters. The number of ether oxygens (including phenoxy) is 2. The quantitative estimate of drug-likeness (QED) is 0.803. The van der Waals surface area contributed by atoms with E-state index in [-0.39, 0.29) is 30.6 Å². The Hall–Kier alpha value is -0.880. The Balaban J connectivity index is 0.00000156. The Labute approximate surface area is 162 Å². The van der Waals surface area contributed by atoms with Crippen LogP contribution in [0.2, 0.25) is 0 Å². The lowest BCUT2D eigenvalue weighted by Crippen LogP contribution is -2.46. The van der Waals surface area contributed by atoms with Gasteiger partial charge in [-0.05, 0) is 18.8 Å². The second-order valence-electron chi connectivity index (χ2n) is 6.54. The molecule has 2 fully saturated rings. The van der Waals surface area contributed by atoms with Crippen molar-refractivity contribution in [2.24, 2.45) is 5.92 Å². The molecule has 7 heteroatoms. The predicted molar refractivity (Wildman–Crippen MR) is 105 cm³/mol. The Morgan fingerprint density at radius 1 is 1.04 bits per heavy atom. The molecule has 0 spiro atoms. The smallest absolute Gasteiger partial charge is 0.131 e. The summed E-state index contributed by atoms with van der Waals surface area (Å²) in [5, 5.41) is 13.4. The van der Waals surface area contributed by atoms with Crippen LogP contribution in [0.4, 0.5) is 0 Å². The SMILES string of the molecule is COc1cc(O)cc(OC)c1[C@@H](C1CCCC1)N1CCNCC1.Cl.Cl. The molecule has 1 saturated heterocycles. The summed E-state index contributed by atoms with van der Waals surface area (Å²) in [7, 11) is 3.34. The second-order valence-corrected chi connectivity index (χ2v) is 6.54. The van der Waals surface area contributed by atoms with Gasteiger partial charge >= 0.3 is 0 Å². The van der Waals surface area contributed by atoms with E-state index in [9.17, 15) is 5.11 Å². The van der Waals surface area contributed by atoms with Gasteiger partial charge in [-0.1, -0.05) is 12.8 Å². The number of phenolic OH excluding ortho intramolecular Hbond substituents is 1. The Kier molecular flexibility index (Phi) is 9.14. The summed E-state index contributed by atoms with van der Waals surface area (Å²) in [6.07, 6.45) is 5.11. The summed E-state index contributed by atoms with van der Waals surface area (Å²) in [5.74, 6) is 2.28. The van der Waals surface area contributed by atoms with Crippen LogP contribution in [0.25, 0.3) is 0 Å². The van der Waals surface area contributed by atoms with Crippen LogP contribution in [0.1, 0.15) is 37.3 Å². The van der Waals surface area contributed by atoms with Gasteiger partial charge in [0.1, 0.15) is 17.2 Å². The predicted octanol–water partition coefficient (Wildman–Crippen LogP) is 3.39. The van der Waals surface area contributed by atoms with Crippen LogP contribution in [0, 0.1) is 5.92 Å². The zero-order chi connectivity index (χ0) is 16.2. The van der Waals surface area contributed by atoms with E-state index < -0.39 is 0 Å².